The molecule has 0 saturated heterocycles. The molecule has 1 unspecified atom stereocenters. The summed E-state index contributed by atoms with van der Waals surface area (Å²) < 4.78 is 0.995. The predicted octanol–water partition coefficient (Wildman–Crippen LogP) is 2.98. The quantitative estimate of drug-likeness (QED) is 0.390. The lowest BCUT2D eigenvalue weighted by Crippen LogP contribution is -2.21. The summed E-state index contributed by atoms with van der Waals surface area (Å²) in [5.41, 5.74) is 8.07. The third-order valence-electron chi connectivity index (χ3n) is 1.63. The fourth-order valence-electron chi connectivity index (χ4n) is 0.997. The van der Waals surface area contributed by atoms with Crippen molar-refractivity contribution in [1.29, 1.82) is 5.26 Å². The SMILES string of the molecule is N#CC(NCCN=[N+]=[N-])c1ccc(Br)s1. The van der Waals surface area contributed by atoms with Crippen molar-refractivity contribution in [3.63, 3.8) is 0 Å². The van der Waals surface area contributed by atoms with Gasteiger partial charge >= 0.3 is 0 Å². The van der Waals surface area contributed by atoms with E-state index >= 15 is 0 Å². The fourth-order valence-corrected chi connectivity index (χ4v) is 2.44. The van der Waals surface area contributed by atoms with Crippen molar-refractivity contribution in [2.45, 2.75) is 6.04 Å². The van der Waals surface area contributed by atoms with Gasteiger partial charge in [0.2, 0.25) is 0 Å². The number of nitriles is 1. The highest BCUT2D eigenvalue weighted by molar-refractivity contribution is 9.11. The van der Waals surface area contributed by atoms with Crippen LogP contribution in [0.1, 0.15) is 10.9 Å². The number of thiophene rings is 1. The van der Waals surface area contributed by atoms with Crippen LogP contribution in [0, 0.1) is 11.3 Å². The first-order valence-corrected chi connectivity index (χ1v) is 5.78. The van der Waals surface area contributed by atoms with Crippen LogP contribution in [-0.4, -0.2) is 13.1 Å². The Bertz CT molecular complexity index is 403. The summed E-state index contributed by atoms with van der Waals surface area (Å²) >= 11 is 4.85. The average molecular weight is 286 g/mol. The van der Waals surface area contributed by atoms with E-state index in [1.807, 2.05) is 12.1 Å². The van der Waals surface area contributed by atoms with Crippen LogP contribution in [-0.2, 0) is 0 Å². The first-order chi connectivity index (χ1) is 7.27. The van der Waals surface area contributed by atoms with Crippen LogP contribution in [0.5, 0.6) is 0 Å². The first kappa shape index (κ1) is 12.0. The molecule has 0 fully saturated rings. The zero-order valence-corrected chi connectivity index (χ0v) is 10.1. The van der Waals surface area contributed by atoms with E-state index in [-0.39, 0.29) is 6.04 Å². The van der Waals surface area contributed by atoms with Crippen molar-refractivity contribution in [1.82, 2.24) is 5.32 Å². The van der Waals surface area contributed by atoms with Crippen molar-refractivity contribution >= 4 is 27.3 Å². The zero-order chi connectivity index (χ0) is 11.1. The van der Waals surface area contributed by atoms with Crippen LogP contribution >= 0.6 is 27.3 Å². The van der Waals surface area contributed by atoms with Crippen LogP contribution in [0.4, 0.5) is 0 Å². The number of nitrogens with zero attached hydrogens (tertiary/aromatic N) is 4. The molecule has 0 bridgehead atoms. The average Bonchev–Trinajstić information content (AvgIpc) is 2.65. The maximum Gasteiger partial charge on any atom is 0.130 e. The van der Waals surface area contributed by atoms with Gasteiger partial charge in [-0.25, -0.2) is 0 Å². The number of azide groups is 1. The van der Waals surface area contributed by atoms with E-state index in [4.69, 9.17) is 10.8 Å². The van der Waals surface area contributed by atoms with E-state index in [1.54, 1.807) is 0 Å². The molecule has 1 rings (SSSR count). The Morgan fingerprint density at radius 1 is 1.73 bits per heavy atom. The highest BCUT2D eigenvalue weighted by Crippen LogP contribution is 2.26. The lowest BCUT2D eigenvalue weighted by atomic mass is 10.2. The zero-order valence-electron chi connectivity index (χ0n) is 7.72. The summed E-state index contributed by atoms with van der Waals surface area (Å²) in [5.74, 6) is 0. The molecule has 0 saturated carbocycles. The largest absolute Gasteiger partial charge is 0.297 e. The van der Waals surface area contributed by atoms with Gasteiger partial charge in [0.15, 0.2) is 0 Å². The summed E-state index contributed by atoms with van der Waals surface area (Å²) in [6.45, 7) is 0.846. The van der Waals surface area contributed by atoms with Crippen LogP contribution in [0.25, 0.3) is 10.4 Å². The minimum absolute atomic E-state index is 0.338. The molecule has 5 nitrogen and oxygen atoms in total. The minimum Gasteiger partial charge on any atom is -0.297 e. The lowest BCUT2D eigenvalue weighted by Gasteiger charge is -2.07. The van der Waals surface area contributed by atoms with Crippen molar-refractivity contribution in [2.75, 3.05) is 13.1 Å². The summed E-state index contributed by atoms with van der Waals surface area (Å²) in [4.78, 5) is 3.58. The summed E-state index contributed by atoms with van der Waals surface area (Å²) in [7, 11) is 0. The van der Waals surface area contributed by atoms with Gasteiger partial charge < -0.3 is 0 Å². The van der Waals surface area contributed by atoms with E-state index in [0.717, 1.165) is 8.66 Å². The van der Waals surface area contributed by atoms with Crippen LogP contribution in [0.3, 0.4) is 0 Å². The molecule has 1 aromatic rings. The van der Waals surface area contributed by atoms with Gasteiger partial charge in [-0.15, -0.1) is 11.3 Å². The Labute approximate surface area is 99.5 Å². The van der Waals surface area contributed by atoms with Crippen LogP contribution in [0.15, 0.2) is 21.0 Å². The molecule has 0 aliphatic carbocycles. The fraction of sp³-hybridized carbons (Fsp3) is 0.375. The van der Waals surface area contributed by atoms with E-state index in [0.29, 0.717) is 13.1 Å². The van der Waals surface area contributed by atoms with E-state index in [9.17, 15) is 0 Å². The second kappa shape index (κ2) is 6.43. The molecule has 0 radical (unpaired) electrons. The Kier molecular flexibility index (Phi) is 5.15. The van der Waals surface area contributed by atoms with E-state index in [2.05, 4.69) is 37.3 Å². The van der Waals surface area contributed by atoms with Gasteiger partial charge in [0.05, 0.1) is 9.86 Å². The standard InChI is InChI=1S/C8H8BrN5S/c9-8-2-1-7(15-8)6(5-10)12-3-4-13-14-11/h1-2,6,12H,3-4H2. The highest BCUT2D eigenvalue weighted by Gasteiger charge is 2.11. The highest BCUT2D eigenvalue weighted by atomic mass is 79.9. The number of rotatable bonds is 5. The Morgan fingerprint density at radius 2 is 2.53 bits per heavy atom. The molecule has 1 atom stereocenters. The minimum atomic E-state index is -0.338. The monoisotopic (exact) mass is 285 g/mol. The van der Waals surface area contributed by atoms with Gasteiger partial charge in [-0.05, 0) is 33.6 Å². The molecule has 0 amide bonds. The third kappa shape index (κ3) is 3.90. The summed E-state index contributed by atoms with van der Waals surface area (Å²) in [5, 5.41) is 15.3. The summed E-state index contributed by atoms with van der Waals surface area (Å²) in [6.07, 6.45) is 0. The van der Waals surface area contributed by atoms with Gasteiger partial charge in [-0.2, -0.15) is 5.26 Å². The number of hydrogen-bond acceptors (Lipinski definition) is 4. The molecule has 15 heavy (non-hydrogen) atoms. The molecule has 0 spiro atoms. The number of hydrogen-bond donors (Lipinski definition) is 1. The Balaban J connectivity index is 2.50. The molecule has 1 heterocycles. The molecule has 0 aliphatic rings. The molecule has 7 heteroatoms. The van der Waals surface area contributed by atoms with Gasteiger partial charge in [-0.3, -0.25) is 5.32 Å². The maximum absolute atomic E-state index is 8.92. The molecule has 0 aromatic carbocycles. The Morgan fingerprint density at radius 3 is 3.07 bits per heavy atom. The molecule has 1 aromatic heterocycles. The third-order valence-corrected chi connectivity index (χ3v) is 3.32. The van der Waals surface area contributed by atoms with Gasteiger partial charge in [0, 0.05) is 22.9 Å². The second-order valence-corrected chi connectivity index (χ2v) is 5.11. The topological polar surface area (TPSA) is 84.6 Å². The number of halogens is 1. The van der Waals surface area contributed by atoms with Gasteiger partial charge in [0.25, 0.3) is 0 Å². The predicted molar refractivity (Wildman–Crippen MR) is 62.4 cm³/mol. The smallest absolute Gasteiger partial charge is 0.130 e. The molecule has 1 N–H and O–H groups in total. The second-order valence-electron chi connectivity index (χ2n) is 2.61. The van der Waals surface area contributed by atoms with Crippen molar-refractivity contribution in [3.8, 4) is 6.07 Å². The first-order valence-electron chi connectivity index (χ1n) is 4.17. The van der Waals surface area contributed by atoms with E-state index in [1.165, 1.54) is 11.3 Å². The molecular formula is C8H8BrN5S. The maximum atomic E-state index is 8.92. The normalized spacial score (nSPS) is 11.5. The molecule has 78 valence electrons. The van der Waals surface area contributed by atoms with Crippen molar-refractivity contribution < 1.29 is 0 Å². The van der Waals surface area contributed by atoms with Gasteiger partial charge in [-0.1, -0.05) is 5.11 Å². The van der Waals surface area contributed by atoms with E-state index < -0.39 is 0 Å². The van der Waals surface area contributed by atoms with Crippen molar-refractivity contribution in [2.24, 2.45) is 5.11 Å². The number of nitrogens with one attached hydrogen (secondary N) is 1. The summed E-state index contributed by atoms with van der Waals surface area (Å²) in [6, 6.07) is 5.61. The van der Waals surface area contributed by atoms with Crippen LogP contribution < -0.4 is 5.32 Å². The van der Waals surface area contributed by atoms with Crippen molar-refractivity contribution in [3.05, 3.63) is 31.2 Å². The lowest BCUT2D eigenvalue weighted by molar-refractivity contribution is 0.643. The Hall–Kier alpha value is -1.06. The molecule has 0 aliphatic heterocycles. The van der Waals surface area contributed by atoms with Gasteiger partial charge in [0.1, 0.15) is 6.04 Å². The molecular weight excluding hydrogens is 278 g/mol. The van der Waals surface area contributed by atoms with Crippen LogP contribution in [0.2, 0.25) is 0 Å².